The molecule has 1 amide bonds. The van der Waals surface area contributed by atoms with Crippen molar-refractivity contribution in [3.05, 3.63) is 89.5 Å². The van der Waals surface area contributed by atoms with Crippen LogP contribution in [0.5, 0.6) is 11.5 Å². The van der Waals surface area contributed by atoms with Gasteiger partial charge in [-0.2, -0.15) is 0 Å². The third-order valence-corrected chi connectivity index (χ3v) is 6.33. The molecule has 1 heterocycles. The second kappa shape index (κ2) is 13.4. The van der Waals surface area contributed by atoms with Crippen LogP contribution in [-0.4, -0.2) is 41.0 Å². The van der Waals surface area contributed by atoms with Gasteiger partial charge in [0.05, 0.1) is 18.7 Å². The molecule has 8 nitrogen and oxygen atoms in total. The fraction of sp³-hybridized carbons (Fsp3) is 0.212. The molecule has 0 bridgehead atoms. The van der Waals surface area contributed by atoms with Crippen molar-refractivity contribution >= 4 is 40.5 Å². The number of hydrogen-bond acceptors (Lipinski definition) is 6. The van der Waals surface area contributed by atoms with E-state index in [-0.39, 0.29) is 24.5 Å². The van der Waals surface area contributed by atoms with Gasteiger partial charge in [0, 0.05) is 29.9 Å². The number of rotatable bonds is 12. The largest absolute Gasteiger partial charge is 0.490 e. The van der Waals surface area contributed by atoms with Gasteiger partial charge >= 0.3 is 5.97 Å². The summed E-state index contributed by atoms with van der Waals surface area (Å²) in [6, 6.07) is 20.2. The number of carboxylic acids is 1. The third-order valence-electron chi connectivity index (χ3n) is 6.33. The summed E-state index contributed by atoms with van der Waals surface area (Å²) in [6.07, 6.45) is 2.60. The third kappa shape index (κ3) is 7.57. The molecule has 0 spiro atoms. The van der Waals surface area contributed by atoms with Crippen LogP contribution in [-0.2, 0) is 9.59 Å². The summed E-state index contributed by atoms with van der Waals surface area (Å²) < 4.78 is 11.2. The van der Waals surface area contributed by atoms with Crippen LogP contribution in [0.25, 0.3) is 28.1 Å². The van der Waals surface area contributed by atoms with Crippen molar-refractivity contribution in [3.8, 4) is 22.6 Å². The fourth-order valence-corrected chi connectivity index (χ4v) is 4.35. The maximum Gasteiger partial charge on any atom is 0.328 e. The average molecular weight is 553 g/mol. The second-order valence-corrected chi connectivity index (χ2v) is 9.37. The lowest BCUT2D eigenvalue weighted by Gasteiger charge is -2.13. The Balaban J connectivity index is 1.55. The van der Waals surface area contributed by atoms with Gasteiger partial charge in [-0.15, -0.1) is 0 Å². The van der Waals surface area contributed by atoms with Crippen molar-refractivity contribution in [1.82, 2.24) is 4.98 Å². The lowest BCUT2D eigenvalue weighted by molar-refractivity contribution is -0.131. The highest BCUT2D eigenvalue weighted by Gasteiger charge is 2.15. The Hall–Kier alpha value is -4.98. The summed E-state index contributed by atoms with van der Waals surface area (Å²) in [7, 11) is 0. The zero-order valence-corrected chi connectivity index (χ0v) is 23.3. The van der Waals surface area contributed by atoms with Crippen LogP contribution in [0, 0.1) is 6.92 Å². The first-order valence-electron chi connectivity index (χ1n) is 13.4. The predicted molar refractivity (Wildman–Crippen MR) is 160 cm³/mol. The average Bonchev–Trinajstić information content (AvgIpc) is 2.96. The van der Waals surface area contributed by atoms with Crippen molar-refractivity contribution in [2.24, 2.45) is 0 Å². The summed E-state index contributed by atoms with van der Waals surface area (Å²) in [4.78, 5) is 41.3. The number of nitrogens with one attached hydrogen (secondary N) is 1. The minimum Gasteiger partial charge on any atom is -0.490 e. The number of aromatic nitrogens is 1. The summed E-state index contributed by atoms with van der Waals surface area (Å²) >= 11 is 0. The second-order valence-electron chi connectivity index (χ2n) is 9.37. The lowest BCUT2D eigenvalue weighted by Crippen LogP contribution is -2.14. The van der Waals surface area contributed by atoms with Gasteiger partial charge in [0.2, 0.25) is 5.91 Å². The van der Waals surface area contributed by atoms with Crippen molar-refractivity contribution in [3.63, 3.8) is 0 Å². The van der Waals surface area contributed by atoms with E-state index in [2.05, 4.69) is 10.3 Å². The molecule has 210 valence electrons. The Morgan fingerprint density at radius 3 is 2.32 bits per heavy atom. The van der Waals surface area contributed by atoms with Crippen molar-refractivity contribution in [2.75, 3.05) is 18.5 Å². The molecule has 0 saturated heterocycles. The van der Waals surface area contributed by atoms with Crippen molar-refractivity contribution in [2.45, 2.75) is 33.6 Å². The maximum absolute atomic E-state index is 12.9. The number of carbonyl (C=O) groups excluding carboxylic acids is 2. The molecule has 0 unspecified atom stereocenters. The number of aliphatic carboxylic acids is 1. The summed E-state index contributed by atoms with van der Waals surface area (Å²) in [5.41, 5.74) is 4.67. The number of aryl methyl sites for hydroxylation is 1. The number of Topliss-reactive ketones (excluding diaryl/α,β-unsaturated/α-hetero) is 1. The molecule has 0 fully saturated rings. The number of ketones is 1. The monoisotopic (exact) mass is 552 g/mol. The van der Waals surface area contributed by atoms with Crippen LogP contribution < -0.4 is 14.8 Å². The van der Waals surface area contributed by atoms with Crippen LogP contribution in [0.15, 0.2) is 72.8 Å². The van der Waals surface area contributed by atoms with E-state index in [4.69, 9.17) is 14.6 Å². The van der Waals surface area contributed by atoms with Crippen LogP contribution in [0.2, 0.25) is 0 Å². The maximum atomic E-state index is 12.9. The first kappa shape index (κ1) is 29.0. The highest BCUT2D eigenvalue weighted by Crippen LogP contribution is 2.32. The SMILES string of the molecule is CCOc1ccc(C(=O)CCC(=O)Nc2cc(-c3ccc(C)cc3)c3cc(/C=C/C(=O)O)ccc3n2)cc1OCC. The van der Waals surface area contributed by atoms with Gasteiger partial charge in [-0.3, -0.25) is 9.59 Å². The zero-order valence-electron chi connectivity index (χ0n) is 23.3. The Labute approximate surface area is 238 Å². The van der Waals surface area contributed by atoms with Gasteiger partial charge in [-0.1, -0.05) is 35.9 Å². The zero-order chi connectivity index (χ0) is 29.4. The van der Waals surface area contributed by atoms with Crippen LogP contribution in [0.3, 0.4) is 0 Å². The van der Waals surface area contributed by atoms with Gasteiger partial charge in [0.1, 0.15) is 5.82 Å². The molecular weight excluding hydrogens is 520 g/mol. The van der Waals surface area contributed by atoms with Gasteiger partial charge < -0.3 is 19.9 Å². The molecule has 3 aromatic carbocycles. The molecule has 4 aromatic rings. The van der Waals surface area contributed by atoms with Crippen LogP contribution in [0.4, 0.5) is 5.82 Å². The van der Waals surface area contributed by atoms with E-state index in [0.29, 0.717) is 47.2 Å². The van der Waals surface area contributed by atoms with Gasteiger partial charge in [0.25, 0.3) is 0 Å². The van der Waals surface area contributed by atoms with Crippen LogP contribution >= 0.6 is 0 Å². The minimum atomic E-state index is -1.03. The Bertz CT molecular complexity index is 1610. The summed E-state index contributed by atoms with van der Waals surface area (Å²) in [6.45, 7) is 6.64. The molecule has 0 aliphatic rings. The number of benzene rings is 3. The standard InChI is InChI=1S/C33H32N2O6/c1-4-40-29-15-12-24(19-30(29)41-5-2)28(36)14-16-32(37)35-31-20-25(23-10-6-21(3)7-11-23)26-18-22(9-17-33(38)39)8-13-27(26)34-31/h6-13,15,17-20H,4-5,14,16H2,1-3H3,(H,38,39)(H,34,35,37)/b17-9+. The van der Waals surface area contributed by atoms with E-state index in [1.807, 2.05) is 51.1 Å². The molecule has 1 aromatic heterocycles. The predicted octanol–water partition coefficient (Wildman–Crippen LogP) is 6.71. The number of anilines is 1. The van der Waals surface area contributed by atoms with Gasteiger partial charge in [-0.25, -0.2) is 9.78 Å². The number of fused-ring (bicyclic) bond motifs is 1. The van der Waals surface area contributed by atoms with E-state index in [1.54, 1.807) is 36.4 Å². The number of nitrogens with zero attached hydrogens (tertiary/aromatic N) is 1. The normalized spacial score (nSPS) is 11.0. The molecule has 41 heavy (non-hydrogen) atoms. The highest BCUT2D eigenvalue weighted by molar-refractivity contribution is 6.02. The summed E-state index contributed by atoms with van der Waals surface area (Å²) in [5, 5.41) is 12.7. The molecule has 2 N–H and O–H groups in total. The molecule has 4 rings (SSSR count). The van der Waals surface area contributed by atoms with E-state index in [9.17, 15) is 14.4 Å². The quantitative estimate of drug-likeness (QED) is 0.148. The van der Waals surface area contributed by atoms with E-state index >= 15 is 0 Å². The smallest absolute Gasteiger partial charge is 0.328 e. The number of carboxylic acid groups (broad SMARTS) is 1. The van der Waals surface area contributed by atoms with Gasteiger partial charge in [-0.05, 0) is 79.9 Å². The first-order chi connectivity index (χ1) is 19.8. The Kier molecular flexibility index (Phi) is 9.47. The fourth-order valence-electron chi connectivity index (χ4n) is 4.35. The summed E-state index contributed by atoms with van der Waals surface area (Å²) in [5.74, 6) is -0.125. The Morgan fingerprint density at radius 2 is 1.61 bits per heavy atom. The van der Waals surface area contributed by atoms with Crippen molar-refractivity contribution in [1.29, 1.82) is 0 Å². The van der Waals surface area contributed by atoms with Gasteiger partial charge in [0.15, 0.2) is 17.3 Å². The number of ether oxygens (including phenoxy) is 2. The topological polar surface area (TPSA) is 115 Å². The number of amides is 1. The number of pyridine rings is 1. The lowest BCUT2D eigenvalue weighted by atomic mass is 9.98. The Morgan fingerprint density at radius 1 is 0.878 bits per heavy atom. The van der Waals surface area contributed by atoms with E-state index in [1.165, 1.54) is 6.08 Å². The molecule has 0 saturated carbocycles. The highest BCUT2D eigenvalue weighted by atomic mass is 16.5. The van der Waals surface area contributed by atoms with E-state index < -0.39 is 5.97 Å². The van der Waals surface area contributed by atoms with E-state index in [0.717, 1.165) is 28.2 Å². The number of hydrogen-bond donors (Lipinski definition) is 2. The first-order valence-corrected chi connectivity index (χ1v) is 13.4. The molecular formula is C33H32N2O6. The molecule has 0 atom stereocenters. The van der Waals surface area contributed by atoms with Crippen molar-refractivity contribution < 1.29 is 29.0 Å². The number of carbonyl (C=O) groups is 3. The van der Waals surface area contributed by atoms with Crippen LogP contribution in [0.1, 0.15) is 48.2 Å². The molecule has 8 heteroatoms. The minimum absolute atomic E-state index is 0.0169. The molecule has 0 radical (unpaired) electrons. The molecule has 0 aliphatic carbocycles. The molecule has 0 aliphatic heterocycles.